The molecule has 1 atom stereocenters. The highest BCUT2D eigenvalue weighted by Crippen LogP contribution is 2.32. The van der Waals surface area contributed by atoms with Gasteiger partial charge in [-0.15, -0.1) is 0 Å². The van der Waals surface area contributed by atoms with Crippen molar-refractivity contribution in [1.82, 2.24) is 25.3 Å². The molecule has 4 rings (SSSR count). The van der Waals surface area contributed by atoms with Gasteiger partial charge in [0, 0.05) is 11.9 Å². The van der Waals surface area contributed by atoms with E-state index in [1.54, 1.807) is 24.4 Å². The standard InChI is InChI=1S/C18H19N5O2/c1-11-10-19-20-15(11)14-8-4-5-9-23(14)18(25)16-12-6-2-3-7-13(12)17(24)22-21-16/h2-3,6-7,10,14H,4-5,8-9H2,1H3,(H,19,20)(H,22,24). The van der Waals surface area contributed by atoms with Crippen LogP contribution in [0.5, 0.6) is 0 Å². The SMILES string of the molecule is Cc1cn[nH]c1C1CCCCN1C(=O)c1n[nH]c(=O)c2ccccc12. The first-order valence-electron chi connectivity index (χ1n) is 8.45. The number of rotatable bonds is 2. The Kier molecular flexibility index (Phi) is 3.83. The zero-order valence-corrected chi connectivity index (χ0v) is 14.0. The lowest BCUT2D eigenvalue weighted by molar-refractivity contribution is 0.0600. The number of aromatic amines is 2. The van der Waals surface area contributed by atoms with E-state index in [1.165, 1.54) is 0 Å². The Morgan fingerprint density at radius 1 is 1.20 bits per heavy atom. The van der Waals surface area contributed by atoms with E-state index in [4.69, 9.17) is 0 Å². The molecule has 1 saturated heterocycles. The molecule has 0 bridgehead atoms. The van der Waals surface area contributed by atoms with Gasteiger partial charge in [0.2, 0.25) is 0 Å². The summed E-state index contributed by atoms with van der Waals surface area (Å²) in [6.45, 7) is 2.65. The topological polar surface area (TPSA) is 94.7 Å². The van der Waals surface area contributed by atoms with Crippen LogP contribution in [0.4, 0.5) is 0 Å². The lowest BCUT2D eigenvalue weighted by atomic mass is 9.96. The maximum Gasteiger partial charge on any atom is 0.275 e. The van der Waals surface area contributed by atoms with Gasteiger partial charge in [0.05, 0.1) is 23.3 Å². The normalized spacial score (nSPS) is 17.8. The van der Waals surface area contributed by atoms with E-state index in [9.17, 15) is 9.59 Å². The molecular weight excluding hydrogens is 318 g/mol. The molecule has 0 radical (unpaired) electrons. The number of H-pyrrole nitrogens is 2. The summed E-state index contributed by atoms with van der Waals surface area (Å²) >= 11 is 0. The Balaban J connectivity index is 1.78. The highest BCUT2D eigenvalue weighted by atomic mass is 16.2. The van der Waals surface area contributed by atoms with Crippen LogP contribution in [0.1, 0.15) is 47.1 Å². The molecule has 1 fully saturated rings. The van der Waals surface area contributed by atoms with Crippen molar-refractivity contribution in [2.45, 2.75) is 32.2 Å². The van der Waals surface area contributed by atoms with Gasteiger partial charge in [-0.3, -0.25) is 14.7 Å². The van der Waals surface area contributed by atoms with Crippen LogP contribution in [0.3, 0.4) is 0 Å². The number of nitrogens with zero attached hydrogens (tertiary/aromatic N) is 3. The number of nitrogens with one attached hydrogen (secondary N) is 2. The van der Waals surface area contributed by atoms with Gasteiger partial charge in [-0.25, -0.2) is 5.10 Å². The summed E-state index contributed by atoms with van der Waals surface area (Å²) in [7, 11) is 0. The highest BCUT2D eigenvalue weighted by molar-refractivity contribution is 6.04. The molecule has 1 aromatic carbocycles. The fourth-order valence-corrected chi connectivity index (χ4v) is 3.58. The van der Waals surface area contributed by atoms with Crippen molar-refractivity contribution in [3.63, 3.8) is 0 Å². The third-order valence-electron chi connectivity index (χ3n) is 4.86. The quantitative estimate of drug-likeness (QED) is 0.750. The number of amides is 1. The third kappa shape index (κ3) is 2.61. The third-order valence-corrected chi connectivity index (χ3v) is 4.86. The van der Waals surface area contributed by atoms with Gasteiger partial charge in [0.1, 0.15) is 0 Å². The molecule has 1 aliphatic rings. The molecule has 25 heavy (non-hydrogen) atoms. The number of aryl methyl sites for hydroxylation is 1. The predicted octanol–water partition coefficient (Wildman–Crippen LogP) is 2.32. The van der Waals surface area contributed by atoms with Crippen molar-refractivity contribution in [3.05, 3.63) is 57.8 Å². The zero-order valence-electron chi connectivity index (χ0n) is 14.0. The monoisotopic (exact) mass is 337 g/mol. The number of piperidine rings is 1. The Labute approximate surface area is 144 Å². The molecule has 1 unspecified atom stereocenters. The maximum absolute atomic E-state index is 13.2. The second kappa shape index (κ2) is 6.16. The molecule has 0 spiro atoms. The van der Waals surface area contributed by atoms with E-state index >= 15 is 0 Å². The first kappa shape index (κ1) is 15.6. The molecule has 3 aromatic rings. The van der Waals surface area contributed by atoms with Crippen molar-refractivity contribution in [2.75, 3.05) is 6.54 Å². The van der Waals surface area contributed by atoms with Gasteiger partial charge in [0.25, 0.3) is 11.5 Å². The molecule has 1 amide bonds. The second-order valence-corrected chi connectivity index (χ2v) is 6.42. The van der Waals surface area contributed by atoms with Crippen LogP contribution in [-0.2, 0) is 0 Å². The minimum Gasteiger partial charge on any atom is -0.329 e. The van der Waals surface area contributed by atoms with Crippen LogP contribution in [-0.4, -0.2) is 37.7 Å². The van der Waals surface area contributed by atoms with Crippen LogP contribution < -0.4 is 5.56 Å². The molecule has 7 heteroatoms. The molecule has 1 aliphatic heterocycles. The Morgan fingerprint density at radius 3 is 2.76 bits per heavy atom. The fraction of sp³-hybridized carbons (Fsp3) is 0.333. The smallest absolute Gasteiger partial charge is 0.275 e. The fourth-order valence-electron chi connectivity index (χ4n) is 3.58. The van der Waals surface area contributed by atoms with Gasteiger partial charge in [-0.1, -0.05) is 18.2 Å². The van der Waals surface area contributed by atoms with Crippen molar-refractivity contribution in [3.8, 4) is 0 Å². The average molecular weight is 337 g/mol. The summed E-state index contributed by atoms with van der Waals surface area (Å²) < 4.78 is 0. The molecule has 128 valence electrons. The zero-order chi connectivity index (χ0) is 17.4. The van der Waals surface area contributed by atoms with Crippen molar-refractivity contribution < 1.29 is 4.79 Å². The van der Waals surface area contributed by atoms with E-state index in [0.29, 0.717) is 23.0 Å². The lowest BCUT2D eigenvalue weighted by Gasteiger charge is -2.35. The second-order valence-electron chi connectivity index (χ2n) is 6.42. The molecule has 0 aliphatic carbocycles. The minimum absolute atomic E-state index is 0.0451. The number of carbonyl (C=O) groups is 1. The van der Waals surface area contributed by atoms with Crippen molar-refractivity contribution in [2.24, 2.45) is 0 Å². The molecule has 3 heterocycles. The molecule has 0 saturated carbocycles. The molecule has 7 nitrogen and oxygen atoms in total. The summed E-state index contributed by atoms with van der Waals surface area (Å²) in [4.78, 5) is 27.1. The summed E-state index contributed by atoms with van der Waals surface area (Å²) in [5, 5.41) is 14.7. The highest BCUT2D eigenvalue weighted by Gasteiger charge is 2.32. The van der Waals surface area contributed by atoms with Gasteiger partial charge in [-0.05, 0) is 37.8 Å². The van der Waals surface area contributed by atoms with Crippen molar-refractivity contribution in [1.29, 1.82) is 0 Å². The summed E-state index contributed by atoms with van der Waals surface area (Å²) in [6.07, 6.45) is 4.68. The number of benzene rings is 1. The molecule has 2 N–H and O–H groups in total. The predicted molar refractivity (Wildman–Crippen MR) is 93.3 cm³/mol. The van der Waals surface area contributed by atoms with Gasteiger partial charge in [0.15, 0.2) is 5.69 Å². The molecular formula is C18H19N5O2. The largest absolute Gasteiger partial charge is 0.329 e. The van der Waals surface area contributed by atoms with Crippen LogP contribution in [0.25, 0.3) is 10.8 Å². The number of hydrogen-bond donors (Lipinski definition) is 2. The van der Waals surface area contributed by atoms with Gasteiger partial charge in [-0.2, -0.15) is 10.2 Å². The van der Waals surface area contributed by atoms with Crippen molar-refractivity contribution >= 4 is 16.7 Å². The lowest BCUT2D eigenvalue weighted by Crippen LogP contribution is -2.39. The number of carbonyl (C=O) groups excluding carboxylic acids is 1. The Morgan fingerprint density at radius 2 is 2.00 bits per heavy atom. The average Bonchev–Trinajstić information content (AvgIpc) is 3.07. The van der Waals surface area contributed by atoms with Crippen LogP contribution in [0, 0.1) is 6.92 Å². The summed E-state index contributed by atoms with van der Waals surface area (Å²) in [5.74, 6) is -0.161. The summed E-state index contributed by atoms with van der Waals surface area (Å²) in [6, 6.07) is 7.03. The number of aromatic nitrogens is 4. The van der Waals surface area contributed by atoms with Crippen LogP contribution in [0.15, 0.2) is 35.3 Å². The van der Waals surface area contributed by atoms with Crippen LogP contribution >= 0.6 is 0 Å². The minimum atomic E-state index is -0.285. The number of fused-ring (bicyclic) bond motifs is 1. The van der Waals surface area contributed by atoms with E-state index in [1.807, 2.05) is 17.9 Å². The van der Waals surface area contributed by atoms with Gasteiger partial charge < -0.3 is 4.90 Å². The molecule has 2 aromatic heterocycles. The first-order valence-corrected chi connectivity index (χ1v) is 8.45. The number of hydrogen-bond acceptors (Lipinski definition) is 4. The van der Waals surface area contributed by atoms with Gasteiger partial charge >= 0.3 is 0 Å². The number of likely N-dealkylation sites (tertiary alicyclic amines) is 1. The van der Waals surface area contributed by atoms with Crippen LogP contribution in [0.2, 0.25) is 0 Å². The summed E-state index contributed by atoms with van der Waals surface area (Å²) in [5.41, 5.74) is 2.02. The van der Waals surface area contributed by atoms with E-state index < -0.39 is 0 Å². The first-order chi connectivity index (χ1) is 12.2. The Bertz CT molecular complexity index is 990. The van der Waals surface area contributed by atoms with E-state index in [-0.39, 0.29) is 17.5 Å². The maximum atomic E-state index is 13.2. The van der Waals surface area contributed by atoms with E-state index in [0.717, 1.165) is 30.5 Å². The van der Waals surface area contributed by atoms with E-state index in [2.05, 4.69) is 20.4 Å². The Hall–Kier alpha value is -2.96.